The van der Waals surface area contributed by atoms with Gasteiger partial charge in [0.15, 0.2) is 11.6 Å². The second kappa shape index (κ2) is 14.4. The number of carbonyl (C=O) groups is 1. The van der Waals surface area contributed by atoms with Crippen molar-refractivity contribution in [1.82, 2.24) is 0 Å². The molecule has 2 aromatic rings. The number of rotatable bonds is 15. The van der Waals surface area contributed by atoms with Crippen LogP contribution >= 0.6 is 0 Å². The lowest BCUT2D eigenvalue weighted by molar-refractivity contribution is 0.0734. The first-order chi connectivity index (χ1) is 15.1. The molecule has 0 bridgehead atoms. The summed E-state index contributed by atoms with van der Waals surface area (Å²) in [5.41, 5.74) is 0.381. The van der Waals surface area contributed by atoms with Crippen LogP contribution < -0.4 is 14.2 Å². The molecular formula is C26H35FO4. The fourth-order valence-electron chi connectivity index (χ4n) is 3.12. The molecule has 0 aliphatic carbocycles. The van der Waals surface area contributed by atoms with Crippen molar-refractivity contribution in [3.8, 4) is 17.2 Å². The zero-order chi connectivity index (χ0) is 22.3. The van der Waals surface area contributed by atoms with E-state index in [4.69, 9.17) is 14.2 Å². The van der Waals surface area contributed by atoms with Crippen LogP contribution in [0.25, 0.3) is 0 Å². The Morgan fingerprint density at radius 3 is 1.97 bits per heavy atom. The summed E-state index contributed by atoms with van der Waals surface area (Å²) < 4.78 is 30.7. The van der Waals surface area contributed by atoms with Crippen LogP contribution in [-0.4, -0.2) is 19.2 Å². The minimum absolute atomic E-state index is 0.147. The Bertz CT molecular complexity index is 773. The van der Waals surface area contributed by atoms with Gasteiger partial charge in [-0.1, -0.05) is 58.8 Å². The summed E-state index contributed by atoms with van der Waals surface area (Å²) in [6.45, 7) is 5.48. The van der Waals surface area contributed by atoms with Gasteiger partial charge in [-0.3, -0.25) is 0 Å². The van der Waals surface area contributed by atoms with Gasteiger partial charge in [-0.05, 0) is 49.2 Å². The topological polar surface area (TPSA) is 44.8 Å². The Hall–Kier alpha value is -2.56. The van der Waals surface area contributed by atoms with Crippen molar-refractivity contribution in [2.45, 2.75) is 71.6 Å². The summed E-state index contributed by atoms with van der Waals surface area (Å²) in [6, 6.07) is 11.0. The van der Waals surface area contributed by atoms with Gasteiger partial charge < -0.3 is 14.2 Å². The average molecular weight is 431 g/mol. The van der Waals surface area contributed by atoms with E-state index in [0.717, 1.165) is 31.4 Å². The summed E-state index contributed by atoms with van der Waals surface area (Å²) in [7, 11) is 0. The molecule has 5 heteroatoms. The van der Waals surface area contributed by atoms with Crippen molar-refractivity contribution in [2.24, 2.45) is 0 Å². The van der Waals surface area contributed by atoms with Crippen molar-refractivity contribution < 1.29 is 23.4 Å². The molecule has 2 aromatic carbocycles. The minimum atomic E-state index is -0.543. The highest BCUT2D eigenvalue weighted by atomic mass is 19.1. The lowest BCUT2D eigenvalue weighted by Gasteiger charge is -2.10. The van der Waals surface area contributed by atoms with Gasteiger partial charge in [-0.25, -0.2) is 9.18 Å². The molecule has 0 fully saturated rings. The molecule has 31 heavy (non-hydrogen) atoms. The van der Waals surface area contributed by atoms with E-state index < -0.39 is 11.8 Å². The van der Waals surface area contributed by atoms with Crippen molar-refractivity contribution in [1.29, 1.82) is 0 Å². The lowest BCUT2D eigenvalue weighted by atomic mass is 10.2. The molecular weight excluding hydrogens is 395 g/mol. The first-order valence-electron chi connectivity index (χ1n) is 11.5. The molecule has 0 atom stereocenters. The molecule has 0 unspecified atom stereocenters. The van der Waals surface area contributed by atoms with Crippen LogP contribution in [0.1, 0.15) is 82.0 Å². The highest BCUT2D eigenvalue weighted by Crippen LogP contribution is 2.24. The van der Waals surface area contributed by atoms with E-state index in [1.165, 1.54) is 44.2 Å². The first kappa shape index (κ1) is 24.7. The number of benzene rings is 2. The zero-order valence-corrected chi connectivity index (χ0v) is 18.8. The van der Waals surface area contributed by atoms with Gasteiger partial charge >= 0.3 is 5.97 Å². The second-order valence-corrected chi connectivity index (χ2v) is 7.68. The highest BCUT2D eigenvalue weighted by Gasteiger charge is 2.12. The van der Waals surface area contributed by atoms with Crippen molar-refractivity contribution in [3.63, 3.8) is 0 Å². The Morgan fingerprint density at radius 2 is 1.32 bits per heavy atom. The molecule has 2 rings (SSSR count). The maximum Gasteiger partial charge on any atom is 0.343 e. The van der Waals surface area contributed by atoms with Gasteiger partial charge in [0.2, 0.25) is 0 Å². The van der Waals surface area contributed by atoms with E-state index >= 15 is 0 Å². The Balaban J connectivity index is 1.78. The maximum absolute atomic E-state index is 14.2. The van der Waals surface area contributed by atoms with Gasteiger partial charge in [0.05, 0.1) is 18.8 Å². The predicted octanol–water partition coefficient (Wildman–Crippen LogP) is 7.35. The fourth-order valence-corrected chi connectivity index (χ4v) is 3.12. The van der Waals surface area contributed by atoms with Crippen LogP contribution in [0.5, 0.6) is 17.2 Å². The number of halogens is 1. The largest absolute Gasteiger partial charge is 0.494 e. The SMILES string of the molecule is CCCCCCCOc1ccc(OC(=O)c2ccc(OCCCCCC)cc2)cc1F. The third kappa shape index (κ3) is 9.41. The van der Waals surface area contributed by atoms with Gasteiger partial charge in [-0.15, -0.1) is 0 Å². The monoisotopic (exact) mass is 430 g/mol. The number of ether oxygens (including phenoxy) is 3. The van der Waals surface area contributed by atoms with E-state index in [9.17, 15) is 9.18 Å². The van der Waals surface area contributed by atoms with Crippen LogP contribution in [0.15, 0.2) is 42.5 Å². The smallest absolute Gasteiger partial charge is 0.343 e. The van der Waals surface area contributed by atoms with E-state index in [1.807, 2.05) is 0 Å². The quantitative estimate of drug-likeness (QED) is 0.168. The summed E-state index contributed by atoms with van der Waals surface area (Å²) in [5, 5.41) is 0. The van der Waals surface area contributed by atoms with E-state index in [-0.39, 0.29) is 11.5 Å². The van der Waals surface area contributed by atoms with Crippen LogP contribution in [0.4, 0.5) is 4.39 Å². The van der Waals surface area contributed by atoms with Crippen LogP contribution in [-0.2, 0) is 0 Å². The number of unbranched alkanes of at least 4 members (excludes halogenated alkanes) is 7. The summed E-state index contributed by atoms with van der Waals surface area (Å²) in [6.07, 6.45) is 10.1. The summed E-state index contributed by atoms with van der Waals surface area (Å²) >= 11 is 0. The molecule has 0 N–H and O–H groups in total. The van der Waals surface area contributed by atoms with E-state index in [2.05, 4.69) is 13.8 Å². The lowest BCUT2D eigenvalue weighted by Crippen LogP contribution is -2.09. The average Bonchev–Trinajstić information content (AvgIpc) is 2.77. The van der Waals surface area contributed by atoms with Gasteiger partial charge in [0.1, 0.15) is 11.5 Å². The Morgan fingerprint density at radius 1 is 0.742 bits per heavy atom. The normalized spacial score (nSPS) is 10.7. The molecule has 0 spiro atoms. The Labute approximate surface area is 185 Å². The third-order valence-electron chi connectivity index (χ3n) is 4.98. The molecule has 4 nitrogen and oxygen atoms in total. The van der Waals surface area contributed by atoms with E-state index in [1.54, 1.807) is 30.3 Å². The molecule has 0 aliphatic heterocycles. The fraction of sp³-hybridized carbons (Fsp3) is 0.500. The van der Waals surface area contributed by atoms with Crippen molar-refractivity contribution >= 4 is 5.97 Å². The van der Waals surface area contributed by atoms with Crippen molar-refractivity contribution in [2.75, 3.05) is 13.2 Å². The highest BCUT2D eigenvalue weighted by molar-refractivity contribution is 5.91. The van der Waals surface area contributed by atoms with Gasteiger partial charge in [-0.2, -0.15) is 0 Å². The van der Waals surface area contributed by atoms with E-state index in [0.29, 0.717) is 18.8 Å². The first-order valence-corrected chi connectivity index (χ1v) is 11.5. The Kier molecular flexibility index (Phi) is 11.5. The number of carbonyl (C=O) groups excluding carboxylic acids is 1. The molecule has 0 aromatic heterocycles. The molecule has 0 heterocycles. The molecule has 170 valence electrons. The van der Waals surface area contributed by atoms with Gasteiger partial charge in [0, 0.05) is 6.07 Å². The molecule has 0 aliphatic rings. The molecule has 0 radical (unpaired) electrons. The molecule has 0 saturated heterocycles. The second-order valence-electron chi connectivity index (χ2n) is 7.68. The minimum Gasteiger partial charge on any atom is -0.494 e. The van der Waals surface area contributed by atoms with Crippen LogP contribution in [0.3, 0.4) is 0 Å². The number of esters is 1. The molecule has 0 amide bonds. The van der Waals surface area contributed by atoms with Gasteiger partial charge in [0.25, 0.3) is 0 Å². The number of hydrogen-bond acceptors (Lipinski definition) is 4. The van der Waals surface area contributed by atoms with Crippen LogP contribution in [0.2, 0.25) is 0 Å². The summed E-state index contributed by atoms with van der Waals surface area (Å²) in [5.74, 6) is -0.0377. The predicted molar refractivity (Wildman–Crippen MR) is 122 cm³/mol. The van der Waals surface area contributed by atoms with Crippen LogP contribution in [0, 0.1) is 5.82 Å². The van der Waals surface area contributed by atoms with Crippen molar-refractivity contribution in [3.05, 3.63) is 53.8 Å². The third-order valence-corrected chi connectivity index (χ3v) is 4.98. The maximum atomic E-state index is 14.2. The molecule has 0 saturated carbocycles. The standard InChI is InChI=1S/C26H35FO4/c1-3-5-7-9-11-19-30-25-17-16-23(20-24(25)27)31-26(28)21-12-14-22(15-13-21)29-18-10-8-6-4-2/h12-17,20H,3-11,18-19H2,1-2H3. The summed E-state index contributed by atoms with van der Waals surface area (Å²) in [4.78, 5) is 12.3. The number of hydrogen-bond donors (Lipinski definition) is 0. The zero-order valence-electron chi connectivity index (χ0n) is 18.8.